The zero-order chi connectivity index (χ0) is 19.0. The van der Waals surface area contributed by atoms with Crippen molar-refractivity contribution in [1.82, 2.24) is 9.80 Å². The van der Waals surface area contributed by atoms with Crippen LogP contribution in [0.5, 0.6) is 0 Å². The molecule has 1 aliphatic carbocycles. The summed E-state index contributed by atoms with van der Waals surface area (Å²) in [7, 11) is 0. The van der Waals surface area contributed by atoms with Crippen LogP contribution < -0.4 is 0 Å². The molecule has 1 unspecified atom stereocenters. The van der Waals surface area contributed by atoms with Crippen molar-refractivity contribution < 1.29 is 19.5 Å². The van der Waals surface area contributed by atoms with E-state index < -0.39 is 5.97 Å². The van der Waals surface area contributed by atoms with Crippen molar-refractivity contribution >= 4 is 29.5 Å². The molecule has 2 aliphatic heterocycles. The van der Waals surface area contributed by atoms with Crippen LogP contribution in [0.1, 0.15) is 47.2 Å². The van der Waals surface area contributed by atoms with Gasteiger partial charge in [0.2, 0.25) is 11.8 Å². The van der Waals surface area contributed by atoms with Crippen molar-refractivity contribution in [3.8, 4) is 0 Å². The van der Waals surface area contributed by atoms with Crippen molar-refractivity contribution in [2.75, 3.05) is 18.2 Å². The number of benzene rings is 1. The van der Waals surface area contributed by atoms with Gasteiger partial charge in [0.25, 0.3) is 0 Å². The number of carbonyl (C=O) groups is 3. The van der Waals surface area contributed by atoms with Gasteiger partial charge in [-0.1, -0.05) is 18.9 Å². The molecule has 0 bridgehead atoms. The molecule has 4 rings (SSSR count). The minimum atomic E-state index is -0.957. The van der Waals surface area contributed by atoms with Gasteiger partial charge in [0, 0.05) is 24.8 Å². The van der Waals surface area contributed by atoms with Crippen molar-refractivity contribution in [1.29, 1.82) is 0 Å². The minimum absolute atomic E-state index is 0.00211. The van der Waals surface area contributed by atoms with Crippen LogP contribution in [-0.2, 0) is 22.6 Å². The van der Waals surface area contributed by atoms with E-state index in [1.165, 1.54) is 0 Å². The second-order valence-electron chi connectivity index (χ2n) is 7.60. The molecule has 7 heteroatoms. The third kappa shape index (κ3) is 3.57. The third-order valence-corrected chi connectivity index (χ3v) is 6.94. The molecule has 2 fully saturated rings. The molecular weight excluding hydrogens is 364 g/mol. The molecule has 6 nitrogen and oxygen atoms in total. The maximum Gasteiger partial charge on any atom is 0.335 e. The summed E-state index contributed by atoms with van der Waals surface area (Å²) in [6.45, 7) is 1.03. The molecular formula is C20H24N2O4S. The average molecular weight is 388 g/mol. The molecule has 2 amide bonds. The highest BCUT2D eigenvalue weighted by atomic mass is 32.2. The van der Waals surface area contributed by atoms with Gasteiger partial charge >= 0.3 is 5.97 Å². The smallest absolute Gasteiger partial charge is 0.335 e. The van der Waals surface area contributed by atoms with Gasteiger partial charge in [-0.25, -0.2) is 4.79 Å². The summed E-state index contributed by atoms with van der Waals surface area (Å²) in [6.07, 6.45) is 4.80. The number of carboxylic acids is 1. The SMILES string of the molecule is O=C(O)c1ccc2c(c1)CN(C(=O)C1CSCN1C(=O)C1CCCC1)CC2. The van der Waals surface area contributed by atoms with Gasteiger partial charge in [0.15, 0.2) is 0 Å². The molecule has 0 aromatic heterocycles. The molecule has 0 radical (unpaired) electrons. The van der Waals surface area contributed by atoms with Crippen LogP contribution in [0.25, 0.3) is 0 Å². The summed E-state index contributed by atoms with van der Waals surface area (Å²) in [6, 6.07) is 4.75. The molecule has 3 aliphatic rings. The van der Waals surface area contributed by atoms with E-state index in [-0.39, 0.29) is 29.3 Å². The Morgan fingerprint density at radius 3 is 2.59 bits per heavy atom. The van der Waals surface area contributed by atoms with Crippen LogP contribution in [0.4, 0.5) is 0 Å². The fraction of sp³-hybridized carbons (Fsp3) is 0.550. The molecule has 1 saturated heterocycles. The zero-order valence-corrected chi connectivity index (χ0v) is 16.0. The van der Waals surface area contributed by atoms with Gasteiger partial charge in [-0.3, -0.25) is 9.59 Å². The lowest BCUT2D eigenvalue weighted by atomic mass is 9.96. The number of carbonyl (C=O) groups excluding carboxylic acids is 2. The first-order valence-electron chi connectivity index (χ1n) is 9.56. The zero-order valence-electron chi connectivity index (χ0n) is 15.2. The van der Waals surface area contributed by atoms with E-state index >= 15 is 0 Å². The number of hydrogen-bond acceptors (Lipinski definition) is 4. The Hall–Kier alpha value is -2.02. The van der Waals surface area contributed by atoms with E-state index in [4.69, 9.17) is 0 Å². The first kappa shape index (κ1) is 18.3. The van der Waals surface area contributed by atoms with Crippen LogP contribution in [0.3, 0.4) is 0 Å². The molecule has 2 heterocycles. The predicted octanol–water partition coefficient (Wildman–Crippen LogP) is 2.36. The maximum absolute atomic E-state index is 13.2. The fourth-order valence-electron chi connectivity index (χ4n) is 4.36. The highest BCUT2D eigenvalue weighted by Gasteiger charge is 2.40. The number of fused-ring (bicyclic) bond motifs is 1. The Morgan fingerprint density at radius 2 is 1.85 bits per heavy atom. The van der Waals surface area contributed by atoms with Crippen LogP contribution >= 0.6 is 11.8 Å². The van der Waals surface area contributed by atoms with Crippen molar-refractivity contribution in [3.05, 3.63) is 34.9 Å². The summed E-state index contributed by atoms with van der Waals surface area (Å²) in [4.78, 5) is 40.8. The molecule has 0 spiro atoms. The number of hydrogen-bond donors (Lipinski definition) is 1. The standard InChI is InChI=1S/C20H24N2O4S/c23-18(14-3-1-2-4-14)22-12-27-11-17(22)19(24)21-8-7-13-5-6-15(20(25)26)9-16(13)10-21/h5-6,9,14,17H,1-4,7-8,10-12H2,(H,25,26). The Kier molecular flexibility index (Phi) is 5.12. The topological polar surface area (TPSA) is 77.9 Å². The lowest BCUT2D eigenvalue weighted by molar-refractivity contribution is -0.146. The number of amides is 2. The molecule has 27 heavy (non-hydrogen) atoms. The average Bonchev–Trinajstić information content (AvgIpc) is 3.37. The first-order valence-corrected chi connectivity index (χ1v) is 10.7. The number of nitrogens with zero attached hydrogens (tertiary/aromatic N) is 2. The monoisotopic (exact) mass is 388 g/mol. The quantitative estimate of drug-likeness (QED) is 0.860. The van der Waals surface area contributed by atoms with E-state index in [9.17, 15) is 19.5 Å². The van der Waals surface area contributed by atoms with Crippen molar-refractivity contribution in [3.63, 3.8) is 0 Å². The molecule has 1 saturated carbocycles. The number of thioether (sulfide) groups is 1. The molecule has 1 aromatic carbocycles. The minimum Gasteiger partial charge on any atom is -0.478 e. The maximum atomic E-state index is 13.2. The van der Waals surface area contributed by atoms with Gasteiger partial charge < -0.3 is 14.9 Å². The molecule has 1 aromatic rings. The van der Waals surface area contributed by atoms with Crippen LogP contribution in [-0.4, -0.2) is 56.9 Å². The molecule has 144 valence electrons. The Balaban J connectivity index is 1.48. The first-order chi connectivity index (χ1) is 13.0. The van der Waals surface area contributed by atoms with E-state index in [0.717, 1.165) is 43.2 Å². The highest BCUT2D eigenvalue weighted by Crippen LogP contribution is 2.32. The summed E-state index contributed by atoms with van der Waals surface area (Å²) < 4.78 is 0. The third-order valence-electron chi connectivity index (χ3n) is 5.93. The van der Waals surface area contributed by atoms with Gasteiger partial charge in [-0.05, 0) is 42.5 Å². The Labute approximate surface area is 162 Å². The second kappa shape index (κ2) is 7.54. The van der Waals surface area contributed by atoms with Crippen molar-refractivity contribution in [2.45, 2.75) is 44.7 Å². The van der Waals surface area contributed by atoms with Crippen LogP contribution in [0.15, 0.2) is 18.2 Å². The van der Waals surface area contributed by atoms with Crippen molar-refractivity contribution in [2.24, 2.45) is 5.92 Å². The van der Waals surface area contributed by atoms with Gasteiger partial charge in [-0.15, -0.1) is 11.8 Å². The number of carboxylic acid groups (broad SMARTS) is 1. The Bertz CT molecular complexity index is 775. The van der Waals surface area contributed by atoms with E-state index in [2.05, 4.69) is 0 Å². The molecule has 1 N–H and O–H groups in total. The van der Waals surface area contributed by atoms with Crippen LogP contribution in [0, 0.1) is 5.92 Å². The van der Waals surface area contributed by atoms with Gasteiger partial charge in [-0.2, -0.15) is 0 Å². The number of aromatic carboxylic acids is 1. The highest BCUT2D eigenvalue weighted by molar-refractivity contribution is 7.99. The second-order valence-corrected chi connectivity index (χ2v) is 8.60. The van der Waals surface area contributed by atoms with E-state index in [1.807, 2.05) is 6.07 Å². The summed E-state index contributed by atoms with van der Waals surface area (Å²) >= 11 is 1.64. The summed E-state index contributed by atoms with van der Waals surface area (Å²) in [5.74, 6) is 0.509. The predicted molar refractivity (Wildman–Crippen MR) is 102 cm³/mol. The van der Waals surface area contributed by atoms with Gasteiger partial charge in [0.05, 0.1) is 11.4 Å². The van der Waals surface area contributed by atoms with E-state index in [0.29, 0.717) is 24.7 Å². The lowest BCUT2D eigenvalue weighted by Crippen LogP contribution is -2.51. The van der Waals surface area contributed by atoms with Gasteiger partial charge in [0.1, 0.15) is 6.04 Å². The van der Waals surface area contributed by atoms with Crippen LogP contribution in [0.2, 0.25) is 0 Å². The van der Waals surface area contributed by atoms with E-state index in [1.54, 1.807) is 33.7 Å². The normalized spacial score (nSPS) is 22.7. The lowest BCUT2D eigenvalue weighted by Gasteiger charge is -2.34. The number of rotatable bonds is 3. The Morgan fingerprint density at radius 1 is 1.07 bits per heavy atom. The largest absolute Gasteiger partial charge is 0.478 e. The fourth-order valence-corrected chi connectivity index (χ4v) is 5.52. The molecule has 1 atom stereocenters. The summed E-state index contributed by atoms with van der Waals surface area (Å²) in [5.41, 5.74) is 2.25. The summed E-state index contributed by atoms with van der Waals surface area (Å²) in [5, 5.41) is 9.21.